The molecule has 2 aromatic carbocycles. The molecule has 1 aromatic heterocycles. The van der Waals surface area contributed by atoms with Crippen LogP contribution in [-0.4, -0.2) is 23.7 Å². The molecule has 0 bridgehead atoms. The molecule has 7 nitrogen and oxygen atoms in total. The largest absolute Gasteiger partial charge is 0.444 e. The van der Waals surface area contributed by atoms with Gasteiger partial charge in [-0.15, -0.1) is 0 Å². The van der Waals surface area contributed by atoms with E-state index in [1.54, 1.807) is 32.9 Å². The minimum atomic E-state index is -0.884. The molecule has 3 aromatic rings. The molecule has 1 heterocycles. The van der Waals surface area contributed by atoms with E-state index in [2.05, 4.69) is 5.32 Å². The molecule has 3 rings (SSSR count). The standard InChI is InChI=1S/C28H33NO6/c1-7-11-21(29-27(32)35-28(4,5)6)26(31)34-23-15-17(2)14-22-24(23)18(3)20(25(30)33-22)16-19-12-9-8-10-13-19/h8-10,12-15,21H,7,11,16H2,1-6H3,(H,29,32)/t21-/m1/s1. The molecule has 1 amide bonds. The Morgan fingerprint density at radius 2 is 1.77 bits per heavy atom. The molecular formula is C28H33NO6. The highest BCUT2D eigenvalue weighted by molar-refractivity contribution is 5.92. The highest BCUT2D eigenvalue weighted by Gasteiger charge is 2.27. The van der Waals surface area contributed by atoms with Gasteiger partial charge in [-0.1, -0.05) is 43.7 Å². The number of hydrogen-bond donors (Lipinski definition) is 1. The number of carbonyl (C=O) groups is 2. The van der Waals surface area contributed by atoms with E-state index in [9.17, 15) is 14.4 Å². The van der Waals surface area contributed by atoms with Crippen LogP contribution in [0.5, 0.6) is 5.75 Å². The maximum atomic E-state index is 13.1. The van der Waals surface area contributed by atoms with Crippen molar-refractivity contribution in [2.45, 2.75) is 72.4 Å². The molecule has 1 N–H and O–H groups in total. The van der Waals surface area contributed by atoms with Gasteiger partial charge in [0, 0.05) is 12.0 Å². The Morgan fingerprint density at radius 3 is 2.40 bits per heavy atom. The molecule has 0 unspecified atom stereocenters. The van der Waals surface area contributed by atoms with Crippen molar-refractivity contribution in [2.24, 2.45) is 0 Å². The number of nitrogens with one attached hydrogen (secondary N) is 1. The van der Waals surface area contributed by atoms with Gasteiger partial charge in [0.15, 0.2) is 0 Å². The third-order valence-electron chi connectivity index (χ3n) is 5.47. The summed E-state index contributed by atoms with van der Waals surface area (Å²) in [7, 11) is 0. The molecule has 1 atom stereocenters. The second-order valence-corrected chi connectivity index (χ2v) is 9.70. The topological polar surface area (TPSA) is 94.8 Å². The third-order valence-corrected chi connectivity index (χ3v) is 5.47. The maximum absolute atomic E-state index is 13.1. The second kappa shape index (κ2) is 10.8. The molecule has 0 aliphatic rings. The molecule has 0 radical (unpaired) electrons. The first-order chi connectivity index (χ1) is 16.5. The van der Waals surface area contributed by atoms with Gasteiger partial charge in [0.25, 0.3) is 0 Å². The summed E-state index contributed by atoms with van der Waals surface area (Å²) in [6.45, 7) is 10.8. The summed E-state index contributed by atoms with van der Waals surface area (Å²) in [4.78, 5) is 38.2. The Labute approximate surface area is 205 Å². The van der Waals surface area contributed by atoms with Crippen LogP contribution in [0.1, 0.15) is 62.8 Å². The minimum absolute atomic E-state index is 0.285. The molecule has 186 valence electrons. The Hall–Kier alpha value is -3.61. The van der Waals surface area contributed by atoms with Crippen molar-refractivity contribution < 1.29 is 23.5 Å². The SMILES string of the molecule is CCC[C@@H](NC(=O)OC(C)(C)C)C(=O)Oc1cc(C)cc2oc(=O)c(Cc3ccccc3)c(C)c12. The molecule has 0 aliphatic carbocycles. The average Bonchev–Trinajstić information content (AvgIpc) is 2.75. The molecule has 0 aliphatic heterocycles. The van der Waals surface area contributed by atoms with Gasteiger partial charge in [-0.05, 0) is 69.9 Å². The van der Waals surface area contributed by atoms with Crippen molar-refractivity contribution in [3.63, 3.8) is 0 Å². The van der Waals surface area contributed by atoms with E-state index in [4.69, 9.17) is 13.9 Å². The second-order valence-electron chi connectivity index (χ2n) is 9.70. The number of ether oxygens (including phenoxy) is 2. The van der Waals surface area contributed by atoms with E-state index in [0.29, 0.717) is 41.4 Å². The number of rotatable bonds is 7. The Morgan fingerprint density at radius 1 is 1.09 bits per heavy atom. The average molecular weight is 480 g/mol. The van der Waals surface area contributed by atoms with Crippen LogP contribution < -0.4 is 15.7 Å². The van der Waals surface area contributed by atoms with Crippen LogP contribution in [-0.2, 0) is 16.0 Å². The fraction of sp³-hybridized carbons (Fsp3) is 0.393. The molecule has 0 saturated carbocycles. The van der Waals surface area contributed by atoms with Gasteiger partial charge in [-0.25, -0.2) is 14.4 Å². The van der Waals surface area contributed by atoms with Gasteiger partial charge in [0.2, 0.25) is 0 Å². The van der Waals surface area contributed by atoms with E-state index in [-0.39, 0.29) is 5.75 Å². The normalized spacial score (nSPS) is 12.3. The number of fused-ring (bicyclic) bond motifs is 1. The summed E-state index contributed by atoms with van der Waals surface area (Å²) >= 11 is 0. The van der Waals surface area contributed by atoms with E-state index in [1.165, 1.54) is 0 Å². The lowest BCUT2D eigenvalue weighted by Crippen LogP contribution is -2.45. The van der Waals surface area contributed by atoms with E-state index in [0.717, 1.165) is 11.1 Å². The number of benzene rings is 2. The predicted molar refractivity (Wildman–Crippen MR) is 135 cm³/mol. The number of hydrogen-bond acceptors (Lipinski definition) is 6. The first kappa shape index (κ1) is 26.0. The number of carbonyl (C=O) groups excluding carboxylic acids is 2. The lowest BCUT2D eigenvalue weighted by atomic mass is 9.98. The van der Waals surface area contributed by atoms with Crippen molar-refractivity contribution in [2.75, 3.05) is 0 Å². The summed E-state index contributed by atoms with van der Waals surface area (Å²) < 4.78 is 16.7. The number of aryl methyl sites for hydroxylation is 2. The van der Waals surface area contributed by atoms with Crippen molar-refractivity contribution in [1.29, 1.82) is 0 Å². The lowest BCUT2D eigenvalue weighted by molar-refractivity contribution is -0.136. The molecule has 7 heteroatoms. The summed E-state index contributed by atoms with van der Waals surface area (Å²) in [5.74, 6) is -0.326. The predicted octanol–water partition coefficient (Wildman–Crippen LogP) is 5.60. The van der Waals surface area contributed by atoms with Gasteiger partial charge < -0.3 is 19.2 Å². The molecule has 0 spiro atoms. The zero-order valence-electron chi connectivity index (χ0n) is 21.2. The molecule has 35 heavy (non-hydrogen) atoms. The van der Waals surface area contributed by atoms with E-state index < -0.39 is 29.3 Å². The summed E-state index contributed by atoms with van der Waals surface area (Å²) in [5, 5.41) is 3.17. The summed E-state index contributed by atoms with van der Waals surface area (Å²) in [6.07, 6.45) is 0.744. The van der Waals surface area contributed by atoms with Crippen LogP contribution in [0.4, 0.5) is 4.79 Å². The third kappa shape index (κ3) is 6.72. The Bertz CT molecular complexity index is 1270. The van der Waals surface area contributed by atoms with Crippen LogP contribution in [0.15, 0.2) is 51.7 Å². The van der Waals surface area contributed by atoms with Gasteiger partial charge in [-0.3, -0.25) is 0 Å². The molecular weight excluding hydrogens is 446 g/mol. The van der Waals surface area contributed by atoms with Crippen molar-refractivity contribution in [3.8, 4) is 5.75 Å². The summed E-state index contributed by atoms with van der Waals surface area (Å²) in [5.41, 5.74) is 2.16. The minimum Gasteiger partial charge on any atom is -0.444 e. The lowest BCUT2D eigenvalue weighted by Gasteiger charge is -2.23. The van der Waals surface area contributed by atoms with Gasteiger partial charge in [-0.2, -0.15) is 0 Å². The number of amides is 1. The zero-order chi connectivity index (χ0) is 25.8. The number of alkyl carbamates (subject to hydrolysis) is 1. The molecule has 0 saturated heterocycles. The fourth-order valence-corrected chi connectivity index (χ4v) is 3.89. The van der Waals surface area contributed by atoms with E-state index in [1.807, 2.05) is 51.1 Å². The smallest absolute Gasteiger partial charge is 0.408 e. The molecule has 0 fully saturated rings. The van der Waals surface area contributed by atoms with Crippen molar-refractivity contribution in [3.05, 3.63) is 75.1 Å². The van der Waals surface area contributed by atoms with Gasteiger partial charge in [0.05, 0.1) is 5.39 Å². The van der Waals surface area contributed by atoms with Crippen LogP contribution in [0.25, 0.3) is 11.0 Å². The quantitative estimate of drug-likeness (QED) is 0.269. The maximum Gasteiger partial charge on any atom is 0.408 e. The highest BCUT2D eigenvalue weighted by Crippen LogP contribution is 2.32. The van der Waals surface area contributed by atoms with E-state index >= 15 is 0 Å². The monoisotopic (exact) mass is 479 g/mol. The first-order valence-corrected chi connectivity index (χ1v) is 11.8. The highest BCUT2D eigenvalue weighted by atomic mass is 16.6. The van der Waals surface area contributed by atoms with Crippen molar-refractivity contribution >= 4 is 23.0 Å². The van der Waals surface area contributed by atoms with Crippen LogP contribution in [0.2, 0.25) is 0 Å². The van der Waals surface area contributed by atoms with Crippen molar-refractivity contribution in [1.82, 2.24) is 5.32 Å². The fourth-order valence-electron chi connectivity index (χ4n) is 3.89. The van der Waals surface area contributed by atoms with Crippen LogP contribution >= 0.6 is 0 Å². The van der Waals surface area contributed by atoms with Gasteiger partial charge >= 0.3 is 17.7 Å². The number of esters is 1. The van der Waals surface area contributed by atoms with Crippen LogP contribution in [0, 0.1) is 13.8 Å². The summed E-state index contributed by atoms with van der Waals surface area (Å²) in [6, 6.07) is 12.2. The zero-order valence-corrected chi connectivity index (χ0v) is 21.2. The first-order valence-electron chi connectivity index (χ1n) is 11.8. The van der Waals surface area contributed by atoms with Gasteiger partial charge in [0.1, 0.15) is 23.0 Å². The Balaban J connectivity index is 1.97. The van der Waals surface area contributed by atoms with Crippen LogP contribution in [0.3, 0.4) is 0 Å². The Kier molecular flexibility index (Phi) is 7.99.